The predicted octanol–water partition coefficient (Wildman–Crippen LogP) is 5.76. The molecule has 1 aliphatic rings. The van der Waals surface area contributed by atoms with E-state index in [2.05, 4.69) is 0 Å². The van der Waals surface area contributed by atoms with Gasteiger partial charge >= 0.3 is 5.97 Å². The number of rotatable bonds is 5. The molecule has 7 heteroatoms. The van der Waals surface area contributed by atoms with Crippen LogP contribution in [0.5, 0.6) is 0 Å². The van der Waals surface area contributed by atoms with Gasteiger partial charge < -0.3 is 14.7 Å². The van der Waals surface area contributed by atoms with Crippen molar-refractivity contribution < 1.29 is 14.6 Å². The fourth-order valence-electron chi connectivity index (χ4n) is 3.59. The Hall–Kier alpha value is -3.45. The highest BCUT2D eigenvalue weighted by Gasteiger charge is 2.32. The second-order valence-electron chi connectivity index (χ2n) is 8.05. The van der Waals surface area contributed by atoms with Crippen molar-refractivity contribution in [2.45, 2.75) is 33.8 Å². The molecule has 1 aromatic heterocycles. The number of aromatic nitrogens is 1. The third-order valence-electron chi connectivity index (χ3n) is 5.17. The molecule has 164 valence electrons. The molecule has 0 radical (unpaired) electrons. The van der Waals surface area contributed by atoms with E-state index < -0.39 is 5.97 Å². The molecule has 0 spiro atoms. The Kier molecular flexibility index (Phi) is 5.84. The summed E-state index contributed by atoms with van der Waals surface area (Å²) in [6.07, 6.45) is -0.218. The van der Waals surface area contributed by atoms with Crippen LogP contribution >= 0.6 is 11.3 Å². The quantitative estimate of drug-likeness (QED) is 0.486. The van der Waals surface area contributed by atoms with Crippen molar-refractivity contribution in [1.29, 1.82) is 5.41 Å². The zero-order valence-electron chi connectivity index (χ0n) is 18.5. The van der Waals surface area contributed by atoms with Crippen LogP contribution in [0.4, 0.5) is 5.69 Å². The first-order chi connectivity index (χ1) is 15.2. The summed E-state index contributed by atoms with van der Waals surface area (Å²) < 4.78 is 5.28. The van der Waals surface area contributed by atoms with Gasteiger partial charge in [0.1, 0.15) is 16.6 Å². The highest BCUT2D eigenvalue weighted by Crippen LogP contribution is 2.37. The fourth-order valence-corrected chi connectivity index (χ4v) is 4.59. The van der Waals surface area contributed by atoms with Crippen LogP contribution in [0.1, 0.15) is 39.7 Å². The Bertz CT molecular complexity index is 1230. The number of carbonyl (C=O) groups excluding carboxylic acids is 1. The molecule has 0 atom stereocenters. The summed E-state index contributed by atoms with van der Waals surface area (Å²) in [4.78, 5) is 19.7. The van der Waals surface area contributed by atoms with Crippen molar-refractivity contribution in [1.82, 2.24) is 4.98 Å². The van der Waals surface area contributed by atoms with Gasteiger partial charge in [-0.1, -0.05) is 35.9 Å². The molecular formula is C25H25N3O3S. The second-order valence-corrected chi connectivity index (χ2v) is 9.25. The lowest BCUT2D eigenvalue weighted by molar-refractivity contribution is 0.0378. The molecule has 0 bridgehead atoms. The predicted molar refractivity (Wildman–Crippen MR) is 129 cm³/mol. The molecule has 0 saturated carbocycles. The molecular weight excluding hydrogens is 422 g/mol. The van der Waals surface area contributed by atoms with Crippen molar-refractivity contribution in [3.8, 4) is 11.3 Å². The standard InChI is InChI=1S/C25H25N3O3S/c1-14(2)31-25(30)18-6-5-7-19(12-18)28-13-20(29)21(23(28)26)24-27-22(16(4)32-24)17-10-8-15(3)9-11-17/h5-12,14,26,29H,13H2,1-4H3. The van der Waals surface area contributed by atoms with Crippen LogP contribution in [-0.4, -0.2) is 34.5 Å². The van der Waals surface area contributed by atoms with E-state index in [4.69, 9.17) is 15.1 Å². The summed E-state index contributed by atoms with van der Waals surface area (Å²) in [7, 11) is 0. The lowest BCUT2D eigenvalue weighted by atomic mass is 10.1. The van der Waals surface area contributed by atoms with Crippen LogP contribution in [0.15, 0.2) is 54.3 Å². The minimum atomic E-state index is -0.414. The van der Waals surface area contributed by atoms with Crippen molar-refractivity contribution >= 4 is 34.4 Å². The van der Waals surface area contributed by atoms with E-state index in [0.717, 1.165) is 16.1 Å². The van der Waals surface area contributed by atoms with E-state index in [1.165, 1.54) is 16.9 Å². The summed E-state index contributed by atoms with van der Waals surface area (Å²) in [5.74, 6) is -0.168. The first-order valence-electron chi connectivity index (χ1n) is 10.4. The number of carbonyl (C=O) groups is 1. The number of nitrogens with one attached hydrogen (secondary N) is 1. The van der Waals surface area contributed by atoms with Gasteiger partial charge in [0.2, 0.25) is 0 Å². The largest absolute Gasteiger partial charge is 0.510 e. The number of aryl methyl sites for hydroxylation is 2. The Balaban J connectivity index is 1.62. The molecule has 0 amide bonds. The molecule has 2 heterocycles. The first kappa shape index (κ1) is 21.8. The van der Waals surface area contributed by atoms with E-state index in [0.29, 0.717) is 21.8 Å². The molecule has 6 nitrogen and oxygen atoms in total. The van der Waals surface area contributed by atoms with Crippen LogP contribution < -0.4 is 4.90 Å². The van der Waals surface area contributed by atoms with Crippen LogP contribution in [0.3, 0.4) is 0 Å². The maximum Gasteiger partial charge on any atom is 0.338 e. The zero-order valence-corrected chi connectivity index (χ0v) is 19.3. The summed E-state index contributed by atoms with van der Waals surface area (Å²) in [5.41, 5.74) is 4.51. The molecule has 0 saturated heterocycles. The van der Waals surface area contributed by atoms with E-state index in [9.17, 15) is 9.90 Å². The number of nitrogens with zero attached hydrogens (tertiary/aromatic N) is 2. The number of hydrogen-bond acceptors (Lipinski definition) is 6. The monoisotopic (exact) mass is 447 g/mol. The van der Waals surface area contributed by atoms with E-state index in [1.807, 2.05) is 44.2 Å². The summed E-state index contributed by atoms with van der Waals surface area (Å²) in [6, 6.07) is 15.1. The average Bonchev–Trinajstić information content (AvgIpc) is 3.27. The van der Waals surface area contributed by atoms with Gasteiger partial charge in [0.25, 0.3) is 0 Å². The van der Waals surface area contributed by atoms with Gasteiger partial charge in [-0.15, -0.1) is 11.3 Å². The third kappa shape index (κ3) is 4.16. The number of esters is 1. The number of benzene rings is 2. The van der Waals surface area contributed by atoms with Gasteiger partial charge in [-0.25, -0.2) is 9.78 Å². The van der Waals surface area contributed by atoms with Crippen LogP contribution in [0, 0.1) is 19.3 Å². The van der Waals surface area contributed by atoms with E-state index >= 15 is 0 Å². The van der Waals surface area contributed by atoms with Crippen molar-refractivity contribution in [2.24, 2.45) is 0 Å². The third-order valence-corrected chi connectivity index (χ3v) is 6.16. The SMILES string of the molecule is Cc1ccc(-c2nc(C3=C(O)CN(c4cccc(C(=O)OC(C)C)c4)C3=N)sc2C)cc1. The maximum atomic E-state index is 12.3. The molecule has 0 aliphatic carbocycles. The maximum absolute atomic E-state index is 12.3. The van der Waals surface area contributed by atoms with Crippen molar-refractivity contribution in [3.63, 3.8) is 0 Å². The summed E-state index contributed by atoms with van der Waals surface area (Å²) in [5, 5.41) is 20.1. The first-order valence-corrected chi connectivity index (χ1v) is 11.2. The van der Waals surface area contributed by atoms with Crippen LogP contribution in [-0.2, 0) is 4.74 Å². The van der Waals surface area contributed by atoms with Gasteiger partial charge in [0.15, 0.2) is 0 Å². The number of hydrogen-bond donors (Lipinski definition) is 2. The van der Waals surface area contributed by atoms with E-state index in [1.54, 1.807) is 36.9 Å². The average molecular weight is 448 g/mol. The Morgan fingerprint density at radius 2 is 1.91 bits per heavy atom. The molecule has 0 fully saturated rings. The minimum absolute atomic E-state index is 0.0920. The lowest BCUT2D eigenvalue weighted by Crippen LogP contribution is -2.26. The lowest BCUT2D eigenvalue weighted by Gasteiger charge is -2.19. The van der Waals surface area contributed by atoms with Gasteiger partial charge in [-0.3, -0.25) is 5.41 Å². The molecule has 4 rings (SSSR count). The summed E-state index contributed by atoms with van der Waals surface area (Å²) in [6.45, 7) is 7.78. The second kappa shape index (κ2) is 8.59. The Labute approximate surface area is 191 Å². The highest BCUT2D eigenvalue weighted by atomic mass is 32.1. The van der Waals surface area contributed by atoms with Crippen LogP contribution in [0.25, 0.3) is 16.8 Å². The highest BCUT2D eigenvalue weighted by molar-refractivity contribution is 7.13. The molecule has 2 aromatic carbocycles. The number of anilines is 1. The number of ether oxygens (including phenoxy) is 1. The van der Waals surface area contributed by atoms with E-state index in [-0.39, 0.29) is 24.2 Å². The number of aliphatic hydroxyl groups is 1. The van der Waals surface area contributed by atoms with Gasteiger partial charge in [-0.2, -0.15) is 0 Å². The minimum Gasteiger partial charge on any atom is -0.510 e. The van der Waals surface area contributed by atoms with Gasteiger partial charge in [-0.05, 0) is 45.9 Å². The number of thiazole rings is 1. The zero-order chi connectivity index (χ0) is 23.0. The number of amidine groups is 1. The van der Waals surface area contributed by atoms with Crippen LogP contribution in [0.2, 0.25) is 0 Å². The normalized spacial score (nSPS) is 13.9. The van der Waals surface area contributed by atoms with Gasteiger partial charge in [0, 0.05) is 16.1 Å². The molecule has 2 N–H and O–H groups in total. The van der Waals surface area contributed by atoms with Crippen molar-refractivity contribution in [2.75, 3.05) is 11.4 Å². The van der Waals surface area contributed by atoms with Gasteiger partial charge in [0.05, 0.1) is 29.5 Å². The molecule has 32 heavy (non-hydrogen) atoms. The molecule has 1 aliphatic heterocycles. The molecule has 0 unspecified atom stereocenters. The van der Waals surface area contributed by atoms with Crippen molar-refractivity contribution in [3.05, 3.63) is 75.3 Å². The smallest absolute Gasteiger partial charge is 0.338 e. The Morgan fingerprint density at radius 1 is 1.19 bits per heavy atom. The number of aliphatic hydroxyl groups excluding tert-OH is 1. The summed E-state index contributed by atoms with van der Waals surface area (Å²) >= 11 is 1.46. The fraction of sp³-hybridized carbons (Fsp3) is 0.240. The molecule has 3 aromatic rings. The Morgan fingerprint density at radius 3 is 2.59 bits per heavy atom. The topological polar surface area (TPSA) is 86.5 Å².